The van der Waals surface area contributed by atoms with Crippen LogP contribution in [0.4, 0.5) is 13.2 Å². The van der Waals surface area contributed by atoms with E-state index in [1.54, 1.807) is 0 Å². The molecule has 1 aromatic carbocycles. The lowest BCUT2D eigenvalue weighted by Crippen LogP contribution is -2.54. The Balaban J connectivity index is 1.08. The first-order valence-corrected chi connectivity index (χ1v) is 17.4. The third-order valence-corrected chi connectivity index (χ3v) is 12.9. The number of ether oxygens (including phenoxy) is 2. The molecule has 4 unspecified atom stereocenters. The number of aromatic nitrogens is 2. The Morgan fingerprint density at radius 3 is 2.38 bits per heavy atom. The van der Waals surface area contributed by atoms with Crippen molar-refractivity contribution in [2.75, 3.05) is 0 Å². The van der Waals surface area contributed by atoms with Crippen LogP contribution < -0.4 is 15.2 Å². The van der Waals surface area contributed by atoms with E-state index >= 15 is 0 Å². The van der Waals surface area contributed by atoms with E-state index in [1.807, 2.05) is 0 Å². The first kappa shape index (κ1) is 32.5. The van der Waals surface area contributed by atoms with E-state index in [9.17, 15) is 18.0 Å². The maximum absolute atomic E-state index is 12.5. The number of hydrogen-bond donors (Lipinski definition) is 0. The highest BCUT2D eigenvalue weighted by atomic mass is 19.4. The second-order valence-electron chi connectivity index (χ2n) is 15.8. The first-order chi connectivity index (χ1) is 21.3. The van der Waals surface area contributed by atoms with Gasteiger partial charge in [-0.2, -0.15) is 4.68 Å². The monoisotopic (exact) mass is 632 g/mol. The second-order valence-corrected chi connectivity index (χ2v) is 15.8. The number of alkyl halides is 3. The van der Waals surface area contributed by atoms with Crippen molar-refractivity contribution in [2.45, 2.75) is 124 Å². The molecule has 4 fully saturated rings. The summed E-state index contributed by atoms with van der Waals surface area (Å²) < 4.78 is 53.9. The zero-order valence-corrected chi connectivity index (χ0v) is 27.6. The molecule has 0 aliphatic heterocycles. The van der Waals surface area contributed by atoms with Crippen LogP contribution in [0.25, 0.3) is 5.69 Å². The zero-order valence-electron chi connectivity index (χ0n) is 27.6. The summed E-state index contributed by atoms with van der Waals surface area (Å²) in [5.74, 6) is 4.39. The molecule has 2 aromatic rings. The highest BCUT2D eigenvalue weighted by Crippen LogP contribution is 2.68. The summed E-state index contributed by atoms with van der Waals surface area (Å²) in [4.78, 5) is 12.5. The molecule has 45 heavy (non-hydrogen) atoms. The quantitative estimate of drug-likeness (QED) is 0.275. The largest absolute Gasteiger partial charge is 0.573 e. The number of benzene rings is 1. The van der Waals surface area contributed by atoms with Crippen LogP contribution in [0.1, 0.15) is 112 Å². The van der Waals surface area contributed by atoms with Gasteiger partial charge in [-0.05, 0) is 134 Å². The lowest BCUT2D eigenvalue weighted by molar-refractivity contribution is -0.274. The molecule has 0 spiro atoms. The minimum Gasteiger partial charge on any atom is -0.446 e. The number of fused-ring (bicyclic) bond motifs is 5. The van der Waals surface area contributed by atoms with Crippen molar-refractivity contribution in [3.05, 3.63) is 34.8 Å². The van der Waals surface area contributed by atoms with E-state index in [0.29, 0.717) is 16.7 Å². The lowest BCUT2D eigenvalue weighted by atomic mass is 9.44. The topological polar surface area (TPSA) is 66.5 Å². The van der Waals surface area contributed by atoms with Crippen LogP contribution in [0, 0.1) is 52.3 Å². The fourth-order valence-corrected chi connectivity index (χ4v) is 10.8. The Hall–Kier alpha value is -2.45. The smallest absolute Gasteiger partial charge is 0.446 e. The molecular formula is C36H51F3N2O4. The van der Waals surface area contributed by atoms with E-state index in [0.717, 1.165) is 71.6 Å². The summed E-state index contributed by atoms with van der Waals surface area (Å²) in [6.07, 6.45) is 10.1. The molecule has 4 aliphatic carbocycles. The van der Waals surface area contributed by atoms with Crippen LogP contribution in [-0.4, -0.2) is 22.2 Å². The van der Waals surface area contributed by atoms with E-state index in [2.05, 4.69) is 44.5 Å². The third-order valence-electron chi connectivity index (χ3n) is 12.9. The van der Waals surface area contributed by atoms with E-state index < -0.39 is 12.1 Å². The zero-order chi connectivity index (χ0) is 32.1. The molecule has 9 heteroatoms. The van der Waals surface area contributed by atoms with Gasteiger partial charge in [0, 0.05) is 0 Å². The number of nitrogens with zero attached hydrogens (tertiary/aromatic N) is 2. The van der Waals surface area contributed by atoms with E-state index in [-0.39, 0.29) is 23.6 Å². The third kappa shape index (κ3) is 6.43. The van der Waals surface area contributed by atoms with Crippen LogP contribution in [0.2, 0.25) is 0 Å². The standard InChI is InChI=1S/C36H51F3N2O4/c1-22(2)7-6-8-23(3)29-15-16-30-28-14-9-24-21-27(17-19-34(24,4)31(28)18-20-35(29,30)5)43-32-40-41(33(42)44-32)25-10-12-26(13-11-25)45-36(37,38)39/h10-13,22-24,27-31H,6-9,14-21H2,1-5H3/t23-,24?,27+,28?,29-,30?,31?,34+,35-/m1/s1. The van der Waals surface area contributed by atoms with Gasteiger partial charge in [0.2, 0.25) is 0 Å². The first-order valence-electron chi connectivity index (χ1n) is 17.4. The molecule has 0 bridgehead atoms. The van der Waals surface area contributed by atoms with Gasteiger partial charge >= 0.3 is 18.2 Å². The molecule has 6 nitrogen and oxygen atoms in total. The van der Waals surface area contributed by atoms with Gasteiger partial charge < -0.3 is 13.9 Å². The van der Waals surface area contributed by atoms with Crippen LogP contribution in [0.3, 0.4) is 0 Å². The average Bonchev–Trinajstić information content (AvgIpc) is 3.51. The highest BCUT2D eigenvalue weighted by molar-refractivity contribution is 5.36. The van der Waals surface area contributed by atoms with Crippen molar-refractivity contribution in [3.8, 4) is 17.5 Å². The fraction of sp³-hybridized carbons (Fsp3) is 0.778. The van der Waals surface area contributed by atoms with Crippen molar-refractivity contribution in [1.29, 1.82) is 0 Å². The van der Waals surface area contributed by atoms with E-state index in [4.69, 9.17) is 9.15 Å². The molecule has 0 amide bonds. The van der Waals surface area contributed by atoms with Gasteiger partial charge in [0.15, 0.2) is 0 Å². The van der Waals surface area contributed by atoms with Crippen LogP contribution >= 0.6 is 0 Å². The van der Waals surface area contributed by atoms with Crippen molar-refractivity contribution in [3.63, 3.8) is 0 Å². The van der Waals surface area contributed by atoms with Gasteiger partial charge in [0.05, 0.1) is 5.69 Å². The van der Waals surface area contributed by atoms with E-state index in [1.165, 1.54) is 69.9 Å². The van der Waals surface area contributed by atoms with Gasteiger partial charge in [-0.15, -0.1) is 13.2 Å². The molecule has 0 N–H and O–H groups in total. The van der Waals surface area contributed by atoms with Crippen LogP contribution in [0.5, 0.6) is 11.8 Å². The van der Waals surface area contributed by atoms with Gasteiger partial charge in [-0.3, -0.25) is 0 Å². The second kappa shape index (κ2) is 12.3. The summed E-state index contributed by atoms with van der Waals surface area (Å²) in [6.45, 7) is 12.4. The molecule has 6 rings (SSSR count). The minimum atomic E-state index is -4.79. The predicted octanol–water partition coefficient (Wildman–Crippen LogP) is 9.59. The maximum Gasteiger partial charge on any atom is 0.573 e. The van der Waals surface area contributed by atoms with Gasteiger partial charge in [-0.1, -0.05) is 59.0 Å². The molecule has 4 aliphatic rings. The SMILES string of the molecule is CC(C)CCC[C@@H](C)[C@H]1CCC2C3CCC4C[C@@H](Oc5nn(-c6ccc(OC(F)(F)F)cc6)c(=O)o5)CC[C@]4(C)C3CC[C@@]21C. The van der Waals surface area contributed by atoms with Crippen molar-refractivity contribution in [1.82, 2.24) is 9.78 Å². The highest BCUT2D eigenvalue weighted by Gasteiger charge is 2.60. The van der Waals surface area contributed by atoms with Crippen LogP contribution in [0.15, 0.2) is 33.5 Å². The normalized spacial score (nSPS) is 35.4. The minimum absolute atomic E-state index is 0.0786. The summed E-state index contributed by atoms with van der Waals surface area (Å²) in [6, 6.07) is 4.93. The Morgan fingerprint density at radius 1 is 0.956 bits per heavy atom. The van der Waals surface area contributed by atoms with Crippen molar-refractivity contribution >= 4 is 0 Å². The number of hydrogen-bond acceptors (Lipinski definition) is 5. The molecular weight excluding hydrogens is 581 g/mol. The van der Waals surface area contributed by atoms with Crippen LogP contribution in [-0.2, 0) is 0 Å². The summed E-state index contributed by atoms with van der Waals surface area (Å²) in [7, 11) is 0. The summed E-state index contributed by atoms with van der Waals surface area (Å²) in [5.41, 5.74) is 1.07. The maximum atomic E-state index is 12.5. The predicted molar refractivity (Wildman–Crippen MR) is 166 cm³/mol. The Labute approximate surface area is 265 Å². The summed E-state index contributed by atoms with van der Waals surface area (Å²) >= 11 is 0. The summed E-state index contributed by atoms with van der Waals surface area (Å²) in [5, 5.41) is 4.21. The fourth-order valence-electron chi connectivity index (χ4n) is 10.8. The lowest BCUT2D eigenvalue weighted by Gasteiger charge is -2.61. The average molecular weight is 633 g/mol. The van der Waals surface area contributed by atoms with Crippen molar-refractivity contribution < 1.29 is 27.1 Å². The van der Waals surface area contributed by atoms with Crippen molar-refractivity contribution in [2.24, 2.45) is 52.3 Å². The Morgan fingerprint density at radius 2 is 1.67 bits per heavy atom. The van der Waals surface area contributed by atoms with Gasteiger partial charge in [0.1, 0.15) is 11.9 Å². The molecule has 4 saturated carbocycles. The molecule has 0 radical (unpaired) electrons. The number of halogens is 3. The number of rotatable bonds is 9. The molecule has 9 atom stereocenters. The molecule has 1 heterocycles. The molecule has 250 valence electrons. The molecule has 0 saturated heterocycles. The van der Waals surface area contributed by atoms with Gasteiger partial charge in [0.25, 0.3) is 0 Å². The Kier molecular flexibility index (Phi) is 8.88. The Bertz CT molecular complexity index is 1370. The van der Waals surface area contributed by atoms with Gasteiger partial charge in [-0.25, -0.2) is 4.79 Å². The molecule has 1 aromatic heterocycles.